The molecule has 6 nitrogen and oxygen atoms in total. The van der Waals surface area contributed by atoms with E-state index >= 15 is 0 Å². The molecule has 0 spiro atoms. The first-order valence-electron chi connectivity index (χ1n) is 9.56. The molecule has 1 heterocycles. The van der Waals surface area contributed by atoms with Crippen LogP contribution in [-0.4, -0.2) is 26.8 Å². The van der Waals surface area contributed by atoms with E-state index in [0.29, 0.717) is 11.5 Å². The first-order chi connectivity index (χ1) is 14.4. The highest BCUT2D eigenvalue weighted by Gasteiger charge is 2.35. The maximum atomic E-state index is 13.1. The van der Waals surface area contributed by atoms with Crippen LogP contribution < -0.4 is 11.0 Å². The normalized spacial score (nSPS) is 14.0. The zero-order valence-electron chi connectivity index (χ0n) is 15.9. The predicted molar refractivity (Wildman–Crippen MR) is 104 cm³/mol. The number of aromatic nitrogens is 3. The van der Waals surface area contributed by atoms with Gasteiger partial charge >= 0.3 is 11.9 Å². The Kier molecular flexibility index (Phi) is 5.19. The number of amides is 1. The van der Waals surface area contributed by atoms with Gasteiger partial charge in [0.1, 0.15) is 5.82 Å². The maximum absolute atomic E-state index is 13.1. The van der Waals surface area contributed by atoms with Crippen LogP contribution in [0.1, 0.15) is 40.5 Å². The Morgan fingerprint density at radius 2 is 1.73 bits per heavy atom. The molecule has 2 aromatic carbocycles. The van der Waals surface area contributed by atoms with E-state index in [1.165, 1.54) is 16.8 Å². The number of para-hydroxylation sites is 1. The van der Waals surface area contributed by atoms with Crippen LogP contribution in [0.2, 0.25) is 0 Å². The average Bonchev–Trinajstić information content (AvgIpc) is 3.52. The summed E-state index contributed by atoms with van der Waals surface area (Å²) in [7, 11) is 0. The summed E-state index contributed by atoms with van der Waals surface area (Å²) in [5.41, 5.74) is -1.08. The first-order valence-corrected chi connectivity index (χ1v) is 9.56. The summed E-state index contributed by atoms with van der Waals surface area (Å²) >= 11 is 0. The SMILES string of the molecule is O=C(NCCn1nc(C2CC2)n(-c2ccccc2)c1=O)c1ccccc1C(F)(F)F. The third-order valence-electron chi connectivity index (χ3n) is 4.91. The molecule has 3 aromatic rings. The molecule has 0 unspecified atom stereocenters. The largest absolute Gasteiger partial charge is 0.417 e. The van der Waals surface area contributed by atoms with Crippen molar-refractivity contribution in [3.63, 3.8) is 0 Å². The molecule has 1 fully saturated rings. The Balaban J connectivity index is 1.51. The van der Waals surface area contributed by atoms with Crippen molar-refractivity contribution in [3.05, 3.63) is 82.0 Å². The Bertz CT molecular complexity index is 1120. The van der Waals surface area contributed by atoms with Crippen molar-refractivity contribution in [1.29, 1.82) is 0 Å². The van der Waals surface area contributed by atoms with Crippen molar-refractivity contribution >= 4 is 5.91 Å². The molecule has 4 rings (SSSR count). The molecule has 0 radical (unpaired) electrons. The van der Waals surface area contributed by atoms with Crippen molar-refractivity contribution < 1.29 is 18.0 Å². The summed E-state index contributed by atoms with van der Waals surface area (Å²) in [6, 6.07) is 13.7. The fraction of sp³-hybridized carbons (Fsp3) is 0.286. The Morgan fingerprint density at radius 1 is 1.07 bits per heavy atom. The summed E-state index contributed by atoms with van der Waals surface area (Å²) in [5, 5.41) is 6.86. The number of hydrogen-bond donors (Lipinski definition) is 1. The lowest BCUT2D eigenvalue weighted by atomic mass is 10.1. The molecule has 1 aliphatic rings. The lowest BCUT2D eigenvalue weighted by molar-refractivity contribution is -0.137. The second-order valence-electron chi connectivity index (χ2n) is 7.11. The van der Waals surface area contributed by atoms with Crippen LogP contribution in [0.4, 0.5) is 13.2 Å². The Hall–Kier alpha value is -3.36. The molecule has 30 heavy (non-hydrogen) atoms. The summed E-state index contributed by atoms with van der Waals surface area (Å²) in [6.07, 6.45) is -2.72. The molecule has 0 bridgehead atoms. The van der Waals surface area contributed by atoms with Crippen LogP contribution in [0.25, 0.3) is 5.69 Å². The lowest BCUT2D eigenvalue weighted by Crippen LogP contribution is -2.32. The number of benzene rings is 2. The lowest BCUT2D eigenvalue weighted by Gasteiger charge is -2.12. The van der Waals surface area contributed by atoms with Gasteiger partial charge in [-0.3, -0.25) is 4.79 Å². The van der Waals surface area contributed by atoms with E-state index in [1.54, 1.807) is 4.57 Å². The molecule has 0 aliphatic heterocycles. The topological polar surface area (TPSA) is 68.9 Å². The van der Waals surface area contributed by atoms with Gasteiger partial charge in [-0.2, -0.15) is 18.3 Å². The van der Waals surface area contributed by atoms with Gasteiger partial charge in [-0.15, -0.1) is 0 Å². The Labute approximate surface area is 170 Å². The molecule has 1 aromatic heterocycles. The summed E-state index contributed by atoms with van der Waals surface area (Å²) < 4.78 is 42.1. The van der Waals surface area contributed by atoms with Crippen LogP contribution in [0.15, 0.2) is 59.4 Å². The van der Waals surface area contributed by atoms with Crippen LogP contribution in [0.5, 0.6) is 0 Å². The average molecular weight is 416 g/mol. The number of alkyl halides is 3. The van der Waals surface area contributed by atoms with Crippen molar-refractivity contribution in [2.24, 2.45) is 0 Å². The molecular weight excluding hydrogens is 397 g/mol. The van der Waals surface area contributed by atoms with Crippen LogP contribution >= 0.6 is 0 Å². The van der Waals surface area contributed by atoms with Gasteiger partial charge in [0.05, 0.1) is 23.4 Å². The highest BCUT2D eigenvalue weighted by molar-refractivity contribution is 5.95. The third kappa shape index (κ3) is 4.00. The van der Waals surface area contributed by atoms with Crippen molar-refractivity contribution in [1.82, 2.24) is 19.7 Å². The molecule has 1 N–H and O–H groups in total. The van der Waals surface area contributed by atoms with Crippen LogP contribution in [-0.2, 0) is 12.7 Å². The second kappa shape index (κ2) is 7.81. The minimum Gasteiger partial charge on any atom is -0.350 e. The van der Waals surface area contributed by atoms with E-state index in [1.807, 2.05) is 30.3 Å². The molecular formula is C21H19F3N4O2. The van der Waals surface area contributed by atoms with E-state index in [-0.39, 0.29) is 24.7 Å². The Morgan fingerprint density at radius 3 is 2.40 bits per heavy atom. The molecule has 0 saturated heterocycles. The number of nitrogens with one attached hydrogen (secondary N) is 1. The van der Waals surface area contributed by atoms with E-state index < -0.39 is 23.2 Å². The van der Waals surface area contributed by atoms with E-state index in [0.717, 1.165) is 25.0 Å². The van der Waals surface area contributed by atoms with Gasteiger partial charge in [0, 0.05) is 12.5 Å². The second-order valence-corrected chi connectivity index (χ2v) is 7.11. The standard InChI is InChI=1S/C21H19F3N4O2/c22-21(23,24)17-9-5-4-8-16(17)19(29)25-12-13-27-20(30)28(15-6-2-1-3-7-15)18(26-27)14-10-11-14/h1-9,14H,10-13H2,(H,25,29). The van der Waals surface area contributed by atoms with Crippen molar-refractivity contribution in [3.8, 4) is 5.69 Å². The zero-order chi connectivity index (χ0) is 21.3. The van der Waals surface area contributed by atoms with Gasteiger partial charge in [0.25, 0.3) is 5.91 Å². The van der Waals surface area contributed by atoms with Gasteiger partial charge in [-0.05, 0) is 37.1 Å². The quantitative estimate of drug-likeness (QED) is 0.670. The molecule has 1 amide bonds. The molecule has 156 valence electrons. The number of halogens is 3. The maximum Gasteiger partial charge on any atom is 0.417 e. The van der Waals surface area contributed by atoms with Crippen molar-refractivity contribution in [2.45, 2.75) is 31.5 Å². The van der Waals surface area contributed by atoms with Gasteiger partial charge in [0.15, 0.2) is 0 Å². The zero-order valence-corrected chi connectivity index (χ0v) is 15.9. The molecule has 9 heteroatoms. The monoisotopic (exact) mass is 416 g/mol. The van der Waals surface area contributed by atoms with Crippen molar-refractivity contribution in [2.75, 3.05) is 6.54 Å². The van der Waals surface area contributed by atoms with E-state index in [4.69, 9.17) is 0 Å². The van der Waals surface area contributed by atoms with E-state index in [9.17, 15) is 22.8 Å². The summed E-state index contributed by atoms with van der Waals surface area (Å²) in [5.74, 6) is 0.0354. The fourth-order valence-corrected chi connectivity index (χ4v) is 3.29. The van der Waals surface area contributed by atoms with Crippen LogP contribution in [0.3, 0.4) is 0 Å². The van der Waals surface area contributed by atoms with Gasteiger partial charge < -0.3 is 5.32 Å². The summed E-state index contributed by atoms with van der Waals surface area (Å²) in [6.45, 7) is 0.0269. The first kappa shape index (κ1) is 19.9. The highest BCUT2D eigenvalue weighted by atomic mass is 19.4. The fourth-order valence-electron chi connectivity index (χ4n) is 3.29. The minimum absolute atomic E-state index is 0.0269. The van der Waals surface area contributed by atoms with Crippen LogP contribution in [0, 0.1) is 0 Å². The molecule has 0 atom stereocenters. The van der Waals surface area contributed by atoms with Gasteiger partial charge in [-0.1, -0.05) is 30.3 Å². The highest BCUT2D eigenvalue weighted by Crippen LogP contribution is 2.39. The predicted octanol–water partition coefficient (Wildman–Crippen LogP) is 3.36. The smallest absolute Gasteiger partial charge is 0.350 e. The number of nitrogens with zero attached hydrogens (tertiary/aromatic N) is 3. The van der Waals surface area contributed by atoms with Gasteiger partial charge in [0.2, 0.25) is 0 Å². The number of carbonyl (C=O) groups is 1. The molecule has 1 aliphatic carbocycles. The third-order valence-corrected chi connectivity index (χ3v) is 4.91. The van der Waals surface area contributed by atoms with E-state index in [2.05, 4.69) is 10.4 Å². The number of carbonyl (C=O) groups excluding carboxylic acids is 1. The minimum atomic E-state index is -4.63. The molecule has 1 saturated carbocycles. The number of hydrogen-bond acceptors (Lipinski definition) is 3. The van der Waals surface area contributed by atoms with Gasteiger partial charge in [-0.25, -0.2) is 14.0 Å². The summed E-state index contributed by atoms with van der Waals surface area (Å²) in [4.78, 5) is 25.1. The number of rotatable bonds is 6.